The van der Waals surface area contributed by atoms with Crippen LogP contribution >= 0.6 is 0 Å². The number of nitrogens with zero attached hydrogens (tertiary/aromatic N) is 3. The Morgan fingerprint density at radius 1 is 0.728 bits per heavy atom. The van der Waals surface area contributed by atoms with Crippen LogP contribution in [0.25, 0.3) is 0 Å². The first-order valence-corrected chi connectivity index (χ1v) is 32.9. The minimum Gasteiger partial charge on any atom is -0.481 e. The second kappa shape index (κ2) is 23.6. The Balaban J connectivity index is 1.26. The first-order chi connectivity index (χ1) is 37.8. The highest BCUT2D eigenvalue weighted by Crippen LogP contribution is 2.52. The number of fused-ring (bicyclic) bond motifs is 3. The molecular formula is C56H69N4O17S4+. The Labute approximate surface area is 473 Å². The number of unbranched alkanes of at least 4 members (excludes halogenated alkanes) is 2. The summed E-state index contributed by atoms with van der Waals surface area (Å²) in [6, 6.07) is 15.7. The Morgan fingerprint density at radius 3 is 2.07 bits per heavy atom. The molecular weight excluding hydrogens is 1130 g/mol. The Bertz CT molecular complexity index is 3710. The summed E-state index contributed by atoms with van der Waals surface area (Å²) in [5, 5.41) is 9.55. The van der Waals surface area contributed by atoms with Crippen LogP contribution in [-0.4, -0.2) is 127 Å². The molecule has 3 aromatic carbocycles. The molecule has 1 atom stereocenters. The van der Waals surface area contributed by atoms with Crippen molar-refractivity contribution in [1.29, 1.82) is 0 Å². The van der Waals surface area contributed by atoms with Gasteiger partial charge in [0.15, 0.2) is 17.2 Å². The van der Waals surface area contributed by atoms with Gasteiger partial charge in [-0.3, -0.25) is 32.5 Å². The van der Waals surface area contributed by atoms with Gasteiger partial charge in [-0.2, -0.15) is 38.2 Å². The maximum atomic E-state index is 14.3. The molecule has 0 aromatic heterocycles. The fourth-order valence-corrected chi connectivity index (χ4v) is 13.6. The SMILES string of the molecule is Cc1ccc2c(c1)C(C)(C)/C(=C\C=C1/CCC3CCC(/C=C/C4=[N+](CCCCS(=O)(=O)O)c5ccc(NS(=O)(=O)O)cc5C4(C)C)=C4Oc5ccc(C(=O)N(CCCS(=O)(=O)O)CCC(=O)O)cc5OC1=C43)N2CCCCS(=O)(=O)O. The van der Waals surface area contributed by atoms with Crippen LogP contribution in [0.1, 0.15) is 119 Å². The van der Waals surface area contributed by atoms with Crippen molar-refractivity contribution in [2.45, 2.75) is 110 Å². The van der Waals surface area contributed by atoms with Gasteiger partial charge in [0.25, 0.3) is 36.3 Å². The van der Waals surface area contributed by atoms with Crippen LogP contribution < -0.4 is 19.1 Å². The summed E-state index contributed by atoms with van der Waals surface area (Å²) in [6.45, 7) is 10.5. The van der Waals surface area contributed by atoms with Gasteiger partial charge in [-0.25, -0.2) is 0 Å². The van der Waals surface area contributed by atoms with E-state index in [2.05, 4.69) is 41.7 Å². The molecule has 0 fully saturated rings. The molecule has 1 amide bonds. The third-order valence-corrected chi connectivity index (χ3v) is 18.4. The Hall–Kier alpha value is -6.19. The zero-order valence-corrected chi connectivity index (χ0v) is 49.0. The summed E-state index contributed by atoms with van der Waals surface area (Å²) in [5.41, 5.74) is 7.54. The van der Waals surface area contributed by atoms with E-state index in [0.29, 0.717) is 74.4 Å². The standard InChI is InChI=1S/C56H68N4O17S4/c1-36-11-20-44-42(33-36)55(2,3)48(59(44)27-6-8-30-78(64,65)66)23-18-39-15-13-37-12-14-38(17-24-49-56(4,5)43-35-41(57-81(73,74)75)19-21-45(43)60(49)28-7-9-31-79(67,68)69)52-51(37)53(39)77-47-34-40(16-22-46(47)76-52)54(63)58(29-25-50(61)62)26-10-32-80(70,71)72/h11,16-24,33-35,37,57H,6-10,12-15,25-32H2,1-5H3,(H4-,61,62,64,65,66,67,68,69,70,71,72,73,74,75)/p+1. The van der Waals surface area contributed by atoms with Gasteiger partial charge in [0, 0.05) is 71.7 Å². The number of rotatable bonds is 23. The molecule has 0 radical (unpaired) electrons. The number of allylic oxidation sites excluding steroid dienone is 8. The molecule has 0 bridgehead atoms. The predicted octanol–water partition coefficient (Wildman–Crippen LogP) is 8.46. The number of benzene rings is 3. The second-order valence-electron chi connectivity index (χ2n) is 22.1. The molecule has 25 heteroatoms. The molecule has 438 valence electrons. The van der Waals surface area contributed by atoms with Crippen molar-refractivity contribution in [2.75, 3.05) is 53.1 Å². The van der Waals surface area contributed by atoms with Crippen LogP contribution in [0, 0.1) is 12.8 Å². The van der Waals surface area contributed by atoms with E-state index in [1.807, 2.05) is 49.6 Å². The van der Waals surface area contributed by atoms with Crippen molar-refractivity contribution < 1.29 is 80.6 Å². The van der Waals surface area contributed by atoms with Gasteiger partial charge in [0.2, 0.25) is 5.69 Å². The summed E-state index contributed by atoms with van der Waals surface area (Å²) >= 11 is 0. The van der Waals surface area contributed by atoms with Gasteiger partial charge < -0.3 is 24.4 Å². The van der Waals surface area contributed by atoms with Gasteiger partial charge in [0.1, 0.15) is 18.1 Å². The summed E-state index contributed by atoms with van der Waals surface area (Å²) in [7, 11) is -17.4. The number of amides is 1. The summed E-state index contributed by atoms with van der Waals surface area (Å²) in [6.07, 6.45) is 11.1. The highest BCUT2D eigenvalue weighted by molar-refractivity contribution is 7.87. The number of carbonyl (C=O) groups is 2. The molecule has 81 heavy (non-hydrogen) atoms. The number of ether oxygens (including phenoxy) is 2. The Morgan fingerprint density at radius 2 is 1.40 bits per heavy atom. The van der Waals surface area contributed by atoms with E-state index in [1.54, 1.807) is 18.2 Å². The van der Waals surface area contributed by atoms with Crippen molar-refractivity contribution in [3.05, 3.63) is 135 Å². The van der Waals surface area contributed by atoms with Crippen molar-refractivity contribution in [3.8, 4) is 11.5 Å². The topological polar surface area (TPSA) is 312 Å². The number of carboxylic acids is 1. The number of aliphatic carboxylic acids is 1. The van der Waals surface area contributed by atoms with Crippen LogP contribution in [0.4, 0.5) is 17.1 Å². The monoisotopic (exact) mass is 1200 g/mol. The molecule has 8 rings (SSSR count). The Kier molecular flexibility index (Phi) is 17.7. The minimum absolute atomic E-state index is 0.0519. The van der Waals surface area contributed by atoms with Crippen LogP contribution in [0.15, 0.2) is 113 Å². The maximum absolute atomic E-state index is 14.3. The summed E-state index contributed by atoms with van der Waals surface area (Å²) in [4.78, 5) is 29.4. The van der Waals surface area contributed by atoms with E-state index < -0.39 is 81.3 Å². The first kappa shape index (κ1) is 60.9. The van der Waals surface area contributed by atoms with E-state index in [4.69, 9.17) is 9.47 Å². The summed E-state index contributed by atoms with van der Waals surface area (Å²) in [5.74, 6) is -1.88. The van der Waals surface area contributed by atoms with Crippen LogP contribution in [-0.2, 0) is 56.3 Å². The fraction of sp³-hybridized carbons (Fsp3) is 0.446. The van der Waals surface area contributed by atoms with E-state index in [0.717, 1.165) is 44.9 Å². The zero-order chi connectivity index (χ0) is 59.0. The molecule has 21 nitrogen and oxygen atoms in total. The molecule has 5 aliphatic rings. The zero-order valence-electron chi connectivity index (χ0n) is 45.7. The van der Waals surface area contributed by atoms with Crippen LogP contribution in [0.2, 0.25) is 0 Å². The molecule has 2 aliphatic carbocycles. The smallest absolute Gasteiger partial charge is 0.357 e. The number of aryl methyl sites for hydroxylation is 1. The number of anilines is 2. The molecule has 0 saturated carbocycles. The van der Waals surface area contributed by atoms with E-state index in [9.17, 15) is 66.6 Å². The van der Waals surface area contributed by atoms with Gasteiger partial charge >= 0.3 is 16.3 Å². The van der Waals surface area contributed by atoms with Crippen molar-refractivity contribution >= 4 is 75.3 Å². The number of carbonyl (C=O) groups excluding carboxylic acids is 1. The third-order valence-electron chi connectivity index (χ3n) is 15.5. The van der Waals surface area contributed by atoms with E-state index in [1.165, 1.54) is 23.1 Å². The lowest BCUT2D eigenvalue weighted by atomic mass is 9.74. The normalized spacial score (nSPS) is 19.5. The lowest BCUT2D eigenvalue weighted by Crippen LogP contribution is -2.34. The van der Waals surface area contributed by atoms with Crippen molar-refractivity contribution in [1.82, 2.24) is 4.90 Å². The van der Waals surface area contributed by atoms with Crippen LogP contribution in [0.3, 0.4) is 0 Å². The maximum Gasteiger partial charge on any atom is 0.357 e. The molecule has 3 aliphatic heterocycles. The number of hydrogen-bond acceptors (Lipinski definition) is 13. The molecule has 3 heterocycles. The van der Waals surface area contributed by atoms with Gasteiger partial charge in [-0.05, 0) is 143 Å². The quantitative estimate of drug-likeness (QED) is 0.0294. The van der Waals surface area contributed by atoms with E-state index in [-0.39, 0.29) is 66.8 Å². The van der Waals surface area contributed by atoms with Crippen LogP contribution in [0.5, 0.6) is 11.5 Å². The van der Waals surface area contributed by atoms with Crippen molar-refractivity contribution in [2.24, 2.45) is 5.92 Å². The molecule has 6 N–H and O–H groups in total. The minimum atomic E-state index is -4.62. The predicted molar refractivity (Wildman–Crippen MR) is 305 cm³/mol. The largest absolute Gasteiger partial charge is 0.481 e. The average molecular weight is 1200 g/mol. The lowest BCUT2D eigenvalue weighted by molar-refractivity contribution is -0.438. The molecule has 0 spiro atoms. The molecule has 1 unspecified atom stereocenters. The van der Waals surface area contributed by atoms with Crippen molar-refractivity contribution in [3.63, 3.8) is 0 Å². The average Bonchev–Trinajstić information content (AvgIpc) is 2.34. The summed E-state index contributed by atoms with van der Waals surface area (Å²) < 4.78 is 150. The number of hydrogen-bond donors (Lipinski definition) is 6. The lowest BCUT2D eigenvalue weighted by Gasteiger charge is -2.33. The number of carboxylic acid groups (broad SMARTS) is 1. The van der Waals surface area contributed by atoms with E-state index >= 15 is 0 Å². The third kappa shape index (κ3) is 14.5. The highest BCUT2D eigenvalue weighted by Gasteiger charge is 2.46. The number of nitrogens with one attached hydrogen (secondary N) is 1. The first-order valence-electron chi connectivity index (χ1n) is 26.7. The van der Waals surface area contributed by atoms with Gasteiger partial charge in [-0.15, -0.1) is 0 Å². The van der Waals surface area contributed by atoms with Gasteiger partial charge in [-0.1, -0.05) is 37.6 Å². The van der Waals surface area contributed by atoms with Gasteiger partial charge in [0.05, 0.1) is 34.8 Å². The highest BCUT2D eigenvalue weighted by atomic mass is 32.2. The molecule has 3 aromatic rings. The molecule has 0 saturated heterocycles. The fourth-order valence-electron chi connectivity index (χ4n) is 11.5. The second-order valence-corrected chi connectivity index (χ2v) is 28.0.